The third-order valence-electron chi connectivity index (χ3n) is 2.77. The number of nitrogens with zero attached hydrogens (tertiary/aromatic N) is 2. The highest BCUT2D eigenvalue weighted by Crippen LogP contribution is 2.27. The van der Waals surface area contributed by atoms with Crippen LogP contribution in [0, 0.1) is 20.8 Å². The number of hydrogen-bond donors (Lipinski definition) is 1. The Balaban J connectivity index is 2.62. The number of rotatable bonds is 2. The smallest absolute Gasteiger partial charge is 0.354 e. The van der Waals surface area contributed by atoms with E-state index in [4.69, 9.17) is 5.11 Å². The van der Waals surface area contributed by atoms with Gasteiger partial charge in [0.05, 0.1) is 0 Å². The summed E-state index contributed by atoms with van der Waals surface area (Å²) in [6.45, 7) is 5.72. The Morgan fingerprint density at radius 1 is 1.11 bits per heavy atom. The van der Waals surface area contributed by atoms with Crippen molar-refractivity contribution >= 4 is 21.9 Å². The van der Waals surface area contributed by atoms with Gasteiger partial charge in [0.2, 0.25) is 0 Å². The van der Waals surface area contributed by atoms with Crippen LogP contribution in [0.3, 0.4) is 0 Å². The molecule has 5 heteroatoms. The molecule has 0 fully saturated rings. The Kier molecular flexibility index (Phi) is 3.66. The molecule has 2 rings (SSSR count). The van der Waals surface area contributed by atoms with Gasteiger partial charge in [-0.3, -0.25) is 0 Å². The molecule has 0 spiro atoms. The SMILES string of the molecule is Cc1cc(C(=O)O)nc(-c2cc(C)c(Br)c(C)c2)n1. The van der Waals surface area contributed by atoms with Gasteiger partial charge in [0, 0.05) is 15.7 Å². The summed E-state index contributed by atoms with van der Waals surface area (Å²) in [5.74, 6) is -0.603. The molecule has 0 atom stereocenters. The molecule has 98 valence electrons. The van der Waals surface area contributed by atoms with Gasteiger partial charge in [-0.05, 0) is 50.1 Å². The quantitative estimate of drug-likeness (QED) is 0.919. The first-order chi connectivity index (χ1) is 8.88. The Morgan fingerprint density at radius 2 is 1.68 bits per heavy atom. The van der Waals surface area contributed by atoms with Gasteiger partial charge in [-0.25, -0.2) is 14.8 Å². The first-order valence-electron chi connectivity index (χ1n) is 5.74. The molecule has 0 saturated heterocycles. The zero-order chi connectivity index (χ0) is 14.2. The summed E-state index contributed by atoms with van der Waals surface area (Å²) in [7, 11) is 0. The van der Waals surface area contributed by atoms with E-state index in [1.807, 2.05) is 26.0 Å². The van der Waals surface area contributed by atoms with Crippen molar-refractivity contribution in [3.8, 4) is 11.4 Å². The molecule has 0 unspecified atom stereocenters. The standard InChI is InChI=1S/C14H13BrN2O2/c1-7-4-10(5-8(2)12(7)15)13-16-9(3)6-11(17-13)14(18)19/h4-6H,1-3H3,(H,18,19). The summed E-state index contributed by atoms with van der Waals surface area (Å²) in [5, 5.41) is 9.04. The van der Waals surface area contributed by atoms with Crippen LogP contribution in [0.5, 0.6) is 0 Å². The molecule has 19 heavy (non-hydrogen) atoms. The minimum absolute atomic E-state index is 0.0146. The van der Waals surface area contributed by atoms with Crippen molar-refractivity contribution in [1.29, 1.82) is 0 Å². The van der Waals surface area contributed by atoms with Crippen molar-refractivity contribution in [3.63, 3.8) is 0 Å². The van der Waals surface area contributed by atoms with Gasteiger partial charge in [0.15, 0.2) is 11.5 Å². The normalized spacial score (nSPS) is 10.5. The van der Waals surface area contributed by atoms with E-state index in [0.29, 0.717) is 11.5 Å². The Labute approximate surface area is 119 Å². The van der Waals surface area contributed by atoms with Gasteiger partial charge in [0.25, 0.3) is 0 Å². The molecule has 0 radical (unpaired) electrons. The lowest BCUT2D eigenvalue weighted by Crippen LogP contribution is -2.04. The number of carboxylic acid groups (broad SMARTS) is 1. The Bertz CT molecular complexity index is 645. The predicted molar refractivity (Wildman–Crippen MR) is 76.3 cm³/mol. The molecular formula is C14H13BrN2O2. The summed E-state index contributed by atoms with van der Waals surface area (Å²) in [6, 6.07) is 5.35. The molecule has 0 amide bonds. The molecule has 0 bridgehead atoms. The molecule has 0 aliphatic carbocycles. The van der Waals surface area contributed by atoms with E-state index in [1.54, 1.807) is 6.92 Å². The van der Waals surface area contributed by atoms with E-state index >= 15 is 0 Å². The predicted octanol–water partition coefficient (Wildman–Crippen LogP) is 3.53. The zero-order valence-corrected chi connectivity index (χ0v) is 12.4. The lowest BCUT2D eigenvalue weighted by molar-refractivity contribution is 0.0690. The number of aromatic carboxylic acids is 1. The van der Waals surface area contributed by atoms with Crippen molar-refractivity contribution in [2.24, 2.45) is 0 Å². The fourth-order valence-electron chi connectivity index (χ4n) is 1.88. The minimum Gasteiger partial charge on any atom is -0.477 e. The molecule has 0 saturated carbocycles. The van der Waals surface area contributed by atoms with Crippen molar-refractivity contribution < 1.29 is 9.90 Å². The van der Waals surface area contributed by atoms with Crippen LogP contribution in [0.25, 0.3) is 11.4 Å². The van der Waals surface area contributed by atoms with Crippen molar-refractivity contribution in [2.45, 2.75) is 20.8 Å². The summed E-state index contributed by atoms with van der Waals surface area (Å²) in [6.07, 6.45) is 0. The van der Waals surface area contributed by atoms with Crippen molar-refractivity contribution in [2.75, 3.05) is 0 Å². The maximum atomic E-state index is 11.0. The lowest BCUT2D eigenvalue weighted by Gasteiger charge is -2.08. The number of aromatic nitrogens is 2. The van der Waals surface area contributed by atoms with Crippen LogP contribution in [0.4, 0.5) is 0 Å². The summed E-state index contributed by atoms with van der Waals surface area (Å²) < 4.78 is 1.04. The monoisotopic (exact) mass is 320 g/mol. The van der Waals surface area contributed by atoms with Gasteiger partial charge in [-0.15, -0.1) is 0 Å². The highest BCUT2D eigenvalue weighted by atomic mass is 79.9. The second-order valence-electron chi connectivity index (χ2n) is 4.45. The Hall–Kier alpha value is -1.75. The largest absolute Gasteiger partial charge is 0.477 e. The van der Waals surface area contributed by atoms with Crippen LogP contribution in [0.1, 0.15) is 27.3 Å². The van der Waals surface area contributed by atoms with Crippen molar-refractivity contribution in [3.05, 3.63) is 45.2 Å². The fraction of sp³-hybridized carbons (Fsp3) is 0.214. The lowest BCUT2D eigenvalue weighted by atomic mass is 10.1. The molecule has 1 heterocycles. The van der Waals surface area contributed by atoms with Crippen LogP contribution < -0.4 is 0 Å². The van der Waals surface area contributed by atoms with Gasteiger partial charge >= 0.3 is 5.97 Å². The van der Waals surface area contributed by atoms with Gasteiger partial charge in [-0.1, -0.05) is 15.9 Å². The van der Waals surface area contributed by atoms with Gasteiger partial charge in [0.1, 0.15) is 0 Å². The van der Waals surface area contributed by atoms with Crippen LogP contribution in [-0.2, 0) is 0 Å². The van der Waals surface area contributed by atoms with Gasteiger partial charge < -0.3 is 5.11 Å². The maximum Gasteiger partial charge on any atom is 0.354 e. The van der Waals surface area contributed by atoms with Crippen LogP contribution in [0.2, 0.25) is 0 Å². The van der Waals surface area contributed by atoms with E-state index in [9.17, 15) is 4.79 Å². The number of aryl methyl sites for hydroxylation is 3. The highest BCUT2D eigenvalue weighted by Gasteiger charge is 2.12. The fourth-order valence-corrected chi connectivity index (χ4v) is 2.11. The number of carboxylic acids is 1. The minimum atomic E-state index is -1.04. The van der Waals surface area contributed by atoms with E-state index in [0.717, 1.165) is 21.2 Å². The molecule has 0 aliphatic rings. The molecule has 2 aromatic rings. The first-order valence-corrected chi connectivity index (χ1v) is 6.54. The van der Waals surface area contributed by atoms with Gasteiger partial charge in [-0.2, -0.15) is 0 Å². The molecule has 1 aromatic heterocycles. The second kappa shape index (κ2) is 5.09. The van der Waals surface area contributed by atoms with Crippen LogP contribution in [0.15, 0.2) is 22.7 Å². The molecular weight excluding hydrogens is 308 g/mol. The zero-order valence-electron chi connectivity index (χ0n) is 10.9. The number of hydrogen-bond acceptors (Lipinski definition) is 3. The van der Waals surface area contributed by atoms with Crippen LogP contribution >= 0.6 is 15.9 Å². The summed E-state index contributed by atoms with van der Waals surface area (Å²) >= 11 is 3.50. The molecule has 1 N–H and O–H groups in total. The number of benzene rings is 1. The Morgan fingerprint density at radius 3 is 2.21 bits per heavy atom. The van der Waals surface area contributed by atoms with E-state index in [1.165, 1.54) is 6.07 Å². The summed E-state index contributed by atoms with van der Waals surface area (Å²) in [4.78, 5) is 19.4. The third kappa shape index (κ3) is 2.81. The van der Waals surface area contributed by atoms with E-state index < -0.39 is 5.97 Å². The molecule has 0 aliphatic heterocycles. The molecule has 1 aromatic carbocycles. The molecule has 4 nitrogen and oxygen atoms in total. The highest BCUT2D eigenvalue weighted by molar-refractivity contribution is 9.10. The second-order valence-corrected chi connectivity index (χ2v) is 5.24. The van der Waals surface area contributed by atoms with E-state index in [2.05, 4.69) is 25.9 Å². The third-order valence-corrected chi connectivity index (χ3v) is 4.02. The number of halogens is 1. The van der Waals surface area contributed by atoms with E-state index in [-0.39, 0.29) is 5.69 Å². The average molecular weight is 321 g/mol. The first kappa shape index (κ1) is 13.7. The maximum absolute atomic E-state index is 11.0. The van der Waals surface area contributed by atoms with Crippen LogP contribution in [-0.4, -0.2) is 21.0 Å². The number of carbonyl (C=O) groups is 1. The average Bonchev–Trinajstić information content (AvgIpc) is 2.34. The summed E-state index contributed by atoms with van der Waals surface area (Å²) in [5.41, 5.74) is 3.61. The topological polar surface area (TPSA) is 63.1 Å². The van der Waals surface area contributed by atoms with Crippen molar-refractivity contribution in [1.82, 2.24) is 9.97 Å².